The molecule has 0 aromatic rings. The number of rotatable bonds is 3. The Balaban J connectivity index is 3.94. The highest BCUT2D eigenvalue weighted by Gasteiger charge is 2.24. The maximum atomic E-state index is 5.96. The van der Waals surface area contributed by atoms with Gasteiger partial charge in [-0.3, -0.25) is 0 Å². The Kier molecular flexibility index (Phi) is 3.37. The van der Waals surface area contributed by atoms with E-state index in [0.29, 0.717) is 5.92 Å². The van der Waals surface area contributed by atoms with Crippen LogP contribution in [0.15, 0.2) is 0 Å². The third-order valence-corrected chi connectivity index (χ3v) is 2.67. The fourth-order valence-electron chi connectivity index (χ4n) is 1.09. The lowest BCUT2D eigenvalue weighted by molar-refractivity contribution is 0.247. The van der Waals surface area contributed by atoms with E-state index in [2.05, 4.69) is 34.6 Å². The SMILES string of the molecule is CCC(C)C(C)C(C)(C)N. The van der Waals surface area contributed by atoms with Gasteiger partial charge < -0.3 is 5.73 Å². The third kappa shape index (κ3) is 2.70. The minimum atomic E-state index is -0.0184. The summed E-state index contributed by atoms with van der Waals surface area (Å²) in [4.78, 5) is 0. The number of hydrogen-bond acceptors (Lipinski definition) is 1. The monoisotopic (exact) mass is 143 g/mol. The van der Waals surface area contributed by atoms with Gasteiger partial charge in [0.05, 0.1) is 0 Å². The molecule has 0 aromatic carbocycles. The third-order valence-electron chi connectivity index (χ3n) is 2.67. The van der Waals surface area contributed by atoms with Crippen molar-refractivity contribution in [1.82, 2.24) is 0 Å². The van der Waals surface area contributed by atoms with Crippen molar-refractivity contribution in [3.63, 3.8) is 0 Å². The summed E-state index contributed by atoms with van der Waals surface area (Å²) in [5.41, 5.74) is 5.94. The molecule has 0 aliphatic heterocycles. The zero-order chi connectivity index (χ0) is 8.36. The summed E-state index contributed by atoms with van der Waals surface area (Å²) in [5, 5.41) is 0. The van der Waals surface area contributed by atoms with Crippen LogP contribution in [0.3, 0.4) is 0 Å². The molecule has 0 aromatic heterocycles. The normalized spacial score (nSPS) is 18.6. The Morgan fingerprint density at radius 3 is 1.80 bits per heavy atom. The van der Waals surface area contributed by atoms with Crippen molar-refractivity contribution in [2.45, 2.75) is 46.6 Å². The molecule has 2 atom stereocenters. The molecule has 0 radical (unpaired) electrons. The number of hydrogen-bond donors (Lipinski definition) is 1. The molecule has 1 heteroatoms. The second kappa shape index (κ2) is 3.38. The van der Waals surface area contributed by atoms with Gasteiger partial charge in [0, 0.05) is 5.54 Å². The Morgan fingerprint density at radius 2 is 1.70 bits per heavy atom. The van der Waals surface area contributed by atoms with Gasteiger partial charge in [-0.15, -0.1) is 0 Å². The van der Waals surface area contributed by atoms with Gasteiger partial charge in [-0.2, -0.15) is 0 Å². The van der Waals surface area contributed by atoms with Gasteiger partial charge >= 0.3 is 0 Å². The molecular formula is C9H21N. The summed E-state index contributed by atoms with van der Waals surface area (Å²) in [6, 6.07) is 0. The van der Waals surface area contributed by atoms with E-state index in [9.17, 15) is 0 Å². The lowest BCUT2D eigenvalue weighted by atomic mass is 9.80. The fraction of sp³-hybridized carbons (Fsp3) is 1.00. The van der Waals surface area contributed by atoms with Gasteiger partial charge in [0.25, 0.3) is 0 Å². The first-order valence-corrected chi connectivity index (χ1v) is 4.18. The highest BCUT2D eigenvalue weighted by atomic mass is 14.7. The van der Waals surface area contributed by atoms with E-state index in [4.69, 9.17) is 5.73 Å². The van der Waals surface area contributed by atoms with E-state index in [1.807, 2.05) is 0 Å². The van der Waals surface area contributed by atoms with Gasteiger partial charge in [-0.25, -0.2) is 0 Å². The van der Waals surface area contributed by atoms with E-state index < -0.39 is 0 Å². The Labute approximate surface area is 65.0 Å². The summed E-state index contributed by atoms with van der Waals surface area (Å²) in [6.45, 7) is 10.9. The van der Waals surface area contributed by atoms with Crippen molar-refractivity contribution in [2.24, 2.45) is 17.6 Å². The minimum Gasteiger partial charge on any atom is -0.325 e. The van der Waals surface area contributed by atoms with Crippen molar-refractivity contribution in [3.8, 4) is 0 Å². The van der Waals surface area contributed by atoms with Crippen LogP contribution in [0.4, 0.5) is 0 Å². The first-order chi connectivity index (χ1) is 4.39. The molecule has 0 aliphatic rings. The average molecular weight is 143 g/mol. The van der Waals surface area contributed by atoms with Crippen LogP contribution in [0.5, 0.6) is 0 Å². The molecule has 1 nitrogen and oxygen atoms in total. The maximum Gasteiger partial charge on any atom is 0.0125 e. The molecule has 0 saturated heterocycles. The summed E-state index contributed by atoms with van der Waals surface area (Å²) < 4.78 is 0. The topological polar surface area (TPSA) is 26.0 Å². The van der Waals surface area contributed by atoms with Crippen LogP contribution in [-0.4, -0.2) is 5.54 Å². The Hall–Kier alpha value is -0.0400. The smallest absolute Gasteiger partial charge is 0.0125 e. The van der Waals surface area contributed by atoms with Crippen LogP contribution >= 0.6 is 0 Å². The van der Waals surface area contributed by atoms with E-state index in [1.54, 1.807) is 0 Å². The van der Waals surface area contributed by atoms with E-state index in [-0.39, 0.29) is 5.54 Å². The van der Waals surface area contributed by atoms with Crippen molar-refractivity contribution in [3.05, 3.63) is 0 Å². The highest BCUT2D eigenvalue weighted by molar-refractivity contribution is 4.81. The van der Waals surface area contributed by atoms with Gasteiger partial charge in [-0.05, 0) is 25.7 Å². The minimum absolute atomic E-state index is 0.0184. The second-order valence-corrected chi connectivity index (χ2v) is 4.00. The van der Waals surface area contributed by atoms with Gasteiger partial charge in [0.2, 0.25) is 0 Å². The molecule has 0 amide bonds. The molecule has 0 aliphatic carbocycles. The predicted octanol–water partition coefficient (Wildman–Crippen LogP) is 2.41. The van der Waals surface area contributed by atoms with Crippen molar-refractivity contribution in [1.29, 1.82) is 0 Å². The second-order valence-electron chi connectivity index (χ2n) is 4.00. The van der Waals surface area contributed by atoms with Crippen LogP contribution in [0.25, 0.3) is 0 Å². The molecule has 0 rings (SSSR count). The average Bonchev–Trinajstić information content (AvgIpc) is 1.83. The molecule has 62 valence electrons. The predicted molar refractivity (Wildman–Crippen MR) is 46.9 cm³/mol. The van der Waals surface area contributed by atoms with Crippen LogP contribution in [0, 0.1) is 11.8 Å². The first-order valence-electron chi connectivity index (χ1n) is 4.18. The summed E-state index contributed by atoms with van der Waals surface area (Å²) in [7, 11) is 0. The fourth-order valence-corrected chi connectivity index (χ4v) is 1.09. The van der Waals surface area contributed by atoms with E-state index in [0.717, 1.165) is 5.92 Å². The Bertz CT molecular complexity index is 91.4. The molecule has 0 spiro atoms. The van der Waals surface area contributed by atoms with Crippen LogP contribution in [0.2, 0.25) is 0 Å². The molecule has 10 heavy (non-hydrogen) atoms. The van der Waals surface area contributed by atoms with Gasteiger partial charge in [0.1, 0.15) is 0 Å². The largest absolute Gasteiger partial charge is 0.325 e. The molecule has 0 bridgehead atoms. The molecule has 0 heterocycles. The summed E-state index contributed by atoms with van der Waals surface area (Å²) >= 11 is 0. The molecular weight excluding hydrogens is 122 g/mol. The lowest BCUT2D eigenvalue weighted by Crippen LogP contribution is -2.42. The van der Waals surface area contributed by atoms with Crippen LogP contribution < -0.4 is 5.73 Å². The summed E-state index contributed by atoms with van der Waals surface area (Å²) in [5.74, 6) is 1.34. The zero-order valence-corrected chi connectivity index (χ0v) is 7.94. The van der Waals surface area contributed by atoms with Gasteiger partial charge in [-0.1, -0.05) is 27.2 Å². The highest BCUT2D eigenvalue weighted by Crippen LogP contribution is 2.23. The van der Waals surface area contributed by atoms with Crippen molar-refractivity contribution in [2.75, 3.05) is 0 Å². The van der Waals surface area contributed by atoms with Crippen molar-refractivity contribution < 1.29 is 0 Å². The van der Waals surface area contributed by atoms with Crippen LogP contribution in [0.1, 0.15) is 41.0 Å². The zero-order valence-electron chi connectivity index (χ0n) is 7.94. The Morgan fingerprint density at radius 1 is 1.30 bits per heavy atom. The summed E-state index contributed by atoms with van der Waals surface area (Å²) in [6.07, 6.45) is 1.22. The molecule has 2 N–H and O–H groups in total. The standard InChI is InChI=1S/C9H21N/c1-6-7(2)8(3)9(4,5)10/h7-8H,6,10H2,1-5H3. The quantitative estimate of drug-likeness (QED) is 0.645. The van der Waals surface area contributed by atoms with E-state index in [1.165, 1.54) is 6.42 Å². The van der Waals surface area contributed by atoms with E-state index >= 15 is 0 Å². The lowest BCUT2D eigenvalue weighted by Gasteiger charge is -2.31. The number of nitrogens with two attached hydrogens (primary N) is 1. The van der Waals surface area contributed by atoms with Gasteiger partial charge in [0.15, 0.2) is 0 Å². The van der Waals surface area contributed by atoms with Crippen molar-refractivity contribution >= 4 is 0 Å². The van der Waals surface area contributed by atoms with Crippen LogP contribution in [-0.2, 0) is 0 Å². The molecule has 0 fully saturated rings. The first kappa shape index (κ1) is 9.96. The molecule has 2 unspecified atom stereocenters. The molecule has 0 saturated carbocycles. The maximum absolute atomic E-state index is 5.96.